The normalized spacial score (nSPS) is 18.7. The molecule has 1 saturated carbocycles. The summed E-state index contributed by atoms with van der Waals surface area (Å²) in [5, 5.41) is 18.1. The zero-order valence-electron chi connectivity index (χ0n) is 16.3. The summed E-state index contributed by atoms with van der Waals surface area (Å²) in [5.74, 6) is 0.404. The molecule has 0 unspecified atom stereocenters. The third-order valence-corrected chi connectivity index (χ3v) is 6.36. The summed E-state index contributed by atoms with van der Waals surface area (Å²) in [5.41, 5.74) is 3.66. The highest BCUT2D eigenvalue weighted by molar-refractivity contribution is 6.00. The summed E-state index contributed by atoms with van der Waals surface area (Å²) < 4.78 is 1.71. The van der Waals surface area contributed by atoms with Crippen LogP contribution in [0.1, 0.15) is 53.7 Å². The van der Waals surface area contributed by atoms with Crippen molar-refractivity contribution in [2.45, 2.75) is 44.2 Å². The van der Waals surface area contributed by atoms with Gasteiger partial charge in [-0.2, -0.15) is 0 Å². The standard InChI is InChI=1S/C23H24N4O2/c28-19-10-8-18(9-11-19)27-15-17(24-25-27)14-26-16-22(29)20-6-2-3-7-21(20)23(26)12-4-1-5-13-23/h2-3,6-11,15,28H,1,4-5,12-14,16H2. The van der Waals surface area contributed by atoms with Gasteiger partial charge in [-0.05, 0) is 42.7 Å². The van der Waals surface area contributed by atoms with E-state index in [0.717, 1.165) is 29.8 Å². The SMILES string of the molecule is O=C1CN(Cc2cn(-c3ccc(O)cc3)nn2)C2(CCCCC2)c2ccccc21. The van der Waals surface area contributed by atoms with Crippen LogP contribution in [-0.2, 0) is 12.1 Å². The number of hydrogen-bond acceptors (Lipinski definition) is 5. The van der Waals surface area contributed by atoms with E-state index in [1.807, 2.05) is 24.4 Å². The number of hydrogen-bond donors (Lipinski definition) is 1. The Balaban J connectivity index is 1.47. The lowest BCUT2D eigenvalue weighted by Crippen LogP contribution is -2.53. The molecule has 0 bridgehead atoms. The summed E-state index contributed by atoms with van der Waals surface area (Å²) in [7, 11) is 0. The van der Waals surface area contributed by atoms with E-state index in [-0.39, 0.29) is 17.1 Å². The number of aromatic nitrogens is 3. The van der Waals surface area contributed by atoms with E-state index in [1.165, 1.54) is 24.8 Å². The average Bonchev–Trinajstić information content (AvgIpc) is 3.22. The summed E-state index contributed by atoms with van der Waals surface area (Å²) in [6.07, 6.45) is 7.67. The average molecular weight is 388 g/mol. The highest BCUT2D eigenvalue weighted by Crippen LogP contribution is 2.46. The first-order valence-corrected chi connectivity index (χ1v) is 10.2. The largest absolute Gasteiger partial charge is 0.508 e. The molecule has 1 aliphatic heterocycles. The Bertz CT molecular complexity index is 1040. The van der Waals surface area contributed by atoms with Crippen molar-refractivity contribution in [1.82, 2.24) is 19.9 Å². The molecule has 6 nitrogen and oxygen atoms in total. The molecule has 0 amide bonds. The van der Waals surface area contributed by atoms with E-state index in [1.54, 1.807) is 28.9 Å². The van der Waals surface area contributed by atoms with E-state index in [2.05, 4.69) is 21.3 Å². The molecule has 0 atom stereocenters. The number of nitrogens with zero attached hydrogens (tertiary/aromatic N) is 4. The monoisotopic (exact) mass is 388 g/mol. The first-order chi connectivity index (χ1) is 14.2. The number of rotatable bonds is 3. The smallest absolute Gasteiger partial charge is 0.177 e. The van der Waals surface area contributed by atoms with Gasteiger partial charge in [0.2, 0.25) is 0 Å². The lowest BCUT2D eigenvalue weighted by Gasteiger charge is -2.49. The Morgan fingerprint density at radius 2 is 1.76 bits per heavy atom. The molecule has 1 spiro atoms. The number of carbonyl (C=O) groups excluding carboxylic acids is 1. The van der Waals surface area contributed by atoms with Gasteiger partial charge in [0.15, 0.2) is 5.78 Å². The predicted molar refractivity (Wildman–Crippen MR) is 109 cm³/mol. The Hall–Kier alpha value is -2.99. The number of ketones is 1. The van der Waals surface area contributed by atoms with Crippen LogP contribution in [0, 0.1) is 0 Å². The van der Waals surface area contributed by atoms with Gasteiger partial charge in [-0.15, -0.1) is 5.10 Å². The molecule has 1 aromatic heterocycles. The Morgan fingerprint density at radius 1 is 1.00 bits per heavy atom. The number of phenolic OH excluding ortho intramolecular Hbond substituents is 1. The summed E-state index contributed by atoms with van der Waals surface area (Å²) in [6, 6.07) is 15.0. The molecule has 1 N–H and O–H groups in total. The van der Waals surface area contributed by atoms with Crippen LogP contribution in [-0.4, -0.2) is 37.3 Å². The lowest BCUT2D eigenvalue weighted by atomic mass is 9.71. The summed E-state index contributed by atoms with van der Waals surface area (Å²) >= 11 is 0. The number of aromatic hydroxyl groups is 1. The molecule has 2 heterocycles. The number of benzene rings is 2. The van der Waals surface area contributed by atoms with Gasteiger partial charge in [0.1, 0.15) is 5.75 Å². The molecule has 29 heavy (non-hydrogen) atoms. The van der Waals surface area contributed by atoms with Gasteiger partial charge in [0.05, 0.1) is 24.1 Å². The number of phenols is 1. The molecule has 5 rings (SSSR count). The first-order valence-electron chi connectivity index (χ1n) is 10.2. The summed E-state index contributed by atoms with van der Waals surface area (Å²) in [6.45, 7) is 1.02. The zero-order chi connectivity index (χ0) is 19.8. The number of Topliss-reactive ketones (excluding diaryl/α,β-unsaturated/α-hetero) is 1. The van der Waals surface area contributed by atoms with E-state index >= 15 is 0 Å². The van der Waals surface area contributed by atoms with Crippen LogP contribution in [0.2, 0.25) is 0 Å². The second kappa shape index (κ2) is 7.12. The van der Waals surface area contributed by atoms with Crippen LogP contribution in [0.4, 0.5) is 0 Å². The van der Waals surface area contributed by atoms with Crippen molar-refractivity contribution in [2.24, 2.45) is 0 Å². The molecule has 0 saturated heterocycles. The van der Waals surface area contributed by atoms with Gasteiger partial charge >= 0.3 is 0 Å². The topological polar surface area (TPSA) is 71.2 Å². The van der Waals surface area contributed by atoms with Crippen molar-refractivity contribution in [3.05, 3.63) is 71.5 Å². The molecule has 2 aliphatic rings. The van der Waals surface area contributed by atoms with Crippen molar-refractivity contribution in [2.75, 3.05) is 6.54 Å². The molecule has 1 aliphatic carbocycles. The molecule has 6 heteroatoms. The van der Waals surface area contributed by atoms with Gasteiger partial charge in [0.25, 0.3) is 0 Å². The molecule has 0 radical (unpaired) electrons. The van der Waals surface area contributed by atoms with Crippen molar-refractivity contribution < 1.29 is 9.90 Å². The second-order valence-electron chi connectivity index (χ2n) is 8.09. The maximum Gasteiger partial charge on any atom is 0.177 e. The van der Waals surface area contributed by atoms with Crippen molar-refractivity contribution in [3.63, 3.8) is 0 Å². The van der Waals surface area contributed by atoms with E-state index in [0.29, 0.717) is 13.1 Å². The molecule has 3 aromatic rings. The maximum atomic E-state index is 12.9. The van der Waals surface area contributed by atoms with Crippen LogP contribution >= 0.6 is 0 Å². The lowest BCUT2D eigenvalue weighted by molar-refractivity contribution is 0.0272. The van der Waals surface area contributed by atoms with Gasteiger partial charge in [-0.25, -0.2) is 4.68 Å². The minimum Gasteiger partial charge on any atom is -0.508 e. The molecule has 1 fully saturated rings. The third kappa shape index (κ3) is 3.13. The molecule has 2 aromatic carbocycles. The maximum absolute atomic E-state index is 12.9. The van der Waals surface area contributed by atoms with Crippen molar-refractivity contribution in [1.29, 1.82) is 0 Å². The minimum atomic E-state index is -0.0922. The van der Waals surface area contributed by atoms with Crippen LogP contribution in [0.5, 0.6) is 5.75 Å². The fourth-order valence-electron chi connectivity index (χ4n) is 4.94. The molecular formula is C23H24N4O2. The van der Waals surface area contributed by atoms with Crippen molar-refractivity contribution >= 4 is 5.78 Å². The number of fused-ring (bicyclic) bond motifs is 2. The zero-order valence-corrected chi connectivity index (χ0v) is 16.3. The van der Waals surface area contributed by atoms with E-state index in [9.17, 15) is 9.90 Å². The Morgan fingerprint density at radius 3 is 2.55 bits per heavy atom. The quantitative estimate of drug-likeness (QED) is 0.738. The third-order valence-electron chi connectivity index (χ3n) is 6.36. The van der Waals surface area contributed by atoms with Gasteiger partial charge in [0, 0.05) is 17.6 Å². The summed E-state index contributed by atoms with van der Waals surface area (Å²) in [4.78, 5) is 15.2. The second-order valence-corrected chi connectivity index (χ2v) is 8.09. The molecular weight excluding hydrogens is 364 g/mol. The van der Waals surface area contributed by atoms with Gasteiger partial charge < -0.3 is 5.11 Å². The highest BCUT2D eigenvalue weighted by atomic mass is 16.3. The first kappa shape index (κ1) is 18.1. The minimum absolute atomic E-state index is 0.0922. The predicted octanol–water partition coefficient (Wildman–Crippen LogP) is 3.83. The highest BCUT2D eigenvalue weighted by Gasteiger charge is 2.45. The van der Waals surface area contributed by atoms with Crippen LogP contribution in [0.3, 0.4) is 0 Å². The Kier molecular flexibility index (Phi) is 4.43. The van der Waals surface area contributed by atoms with Crippen LogP contribution in [0.25, 0.3) is 5.69 Å². The Labute approximate surface area is 169 Å². The van der Waals surface area contributed by atoms with E-state index < -0.39 is 0 Å². The van der Waals surface area contributed by atoms with Crippen LogP contribution < -0.4 is 0 Å². The van der Waals surface area contributed by atoms with Gasteiger partial charge in [-0.3, -0.25) is 9.69 Å². The van der Waals surface area contributed by atoms with E-state index in [4.69, 9.17) is 0 Å². The fourth-order valence-corrected chi connectivity index (χ4v) is 4.94. The molecule has 148 valence electrons. The van der Waals surface area contributed by atoms with Crippen molar-refractivity contribution in [3.8, 4) is 11.4 Å². The van der Waals surface area contributed by atoms with Crippen LogP contribution in [0.15, 0.2) is 54.7 Å². The van der Waals surface area contributed by atoms with Gasteiger partial charge in [-0.1, -0.05) is 48.7 Å². The number of carbonyl (C=O) groups is 1. The fraction of sp³-hybridized carbons (Fsp3) is 0.348.